The summed E-state index contributed by atoms with van der Waals surface area (Å²) in [5.41, 5.74) is 6.40. The van der Waals surface area contributed by atoms with E-state index in [0.717, 1.165) is 4.88 Å². The number of likely N-dealkylation sites (tertiary alicyclic amines) is 1. The van der Waals surface area contributed by atoms with E-state index in [1.54, 1.807) is 35.7 Å². The number of β-amino-alcohol motifs (C(OH)–C–C–N with tert-alkyl or cyclic N) is 1. The summed E-state index contributed by atoms with van der Waals surface area (Å²) >= 11 is 1.36. The highest BCUT2D eigenvalue weighted by atomic mass is 32.1. The van der Waals surface area contributed by atoms with Gasteiger partial charge in [0.25, 0.3) is 5.91 Å². The van der Waals surface area contributed by atoms with Gasteiger partial charge in [-0.3, -0.25) is 19.8 Å². The van der Waals surface area contributed by atoms with Gasteiger partial charge in [-0.25, -0.2) is 0 Å². The van der Waals surface area contributed by atoms with E-state index in [1.165, 1.54) is 16.2 Å². The number of para-hydroxylation sites is 1. The Balaban J connectivity index is 1.29. The number of nitrogens with two attached hydrogens (primary N) is 1. The number of hydrogen-bond donors (Lipinski definition) is 5. The molecule has 1 saturated heterocycles. The standard InChI is InChI=1S/C26H27N5O5S/c27-24(28)17-10-21(37-15-17)12-29-26(35)22-11-18(32)14-31(22)23(33)13-30-25(34)16-6-8-20(9-7-16)36-19-4-2-1-3-5-19/h1-10,15,18,22,32H,11-14H2,(H3,27,28)(H,29,35)(H,30,34)/t18-,22+/m1/s1. The number of amides is 3. The van der Waals surface area contributed by atoms with Gasteiger partial charge in [-0.1, -0.05) is 18.2 Å². The second kappa shape index (κ2) is 11.7. The summed E-state index contributed by atoms with van der Waals surface area (Å²) in [4.78, 5) is 40.2. The van der Waals surface area contributed by atoms with E-state index in [1.807, 2.05) is 30.3 Å². The summed E-state index contributed by atoms with van der Waals surface area (Å²) < 4.78 is 5.71. The molecule has 0 aliphatic carbocycles. The minimum absolute atomic E-state index is 0.00575. The molecule has 1 aliphatic heterocycles. The molecule has 37 heavy (non-hydrogen) atoms. The van der Waals surface area contributed by atoms with Crippen molar-refractivity contribution < 1.29 is 24.2 Å². The molecule has 2 heterocycles. The fraction of sp³-hybridized carbons (Fsp3) is 0.231. The number of hydrogen-bond acceptors (Lipinski definition) is 7. The van der Waals surface area contributed by atoms with Crippen LogP contribution < -0.4 is 21.1 Å². The molecular weight excluding hydrogens is 494 g/mol. The Kier molecular flexibility index (Phi) is 8.16. The molecule has 0 spiro atoms. The van der Waals surface area contributed by atoms with Gasteiger partial charge < -0.3 is 31.1 Å². The minimum atomic E-state index is -0.846. The number of aliphatic hydroxyl groups is 1. The fourth-order valence-electron chi connectivity index (χ4n) is 3.90. The van der Waals surface area contributed by atoms with Crippen LogP contribution in [0.25, 0.3) is 0 Å². The second-order valence-electron chi connectivity index (χ2n) is 8.51. The first-order valence-corrected chi connectivity index (χ1v) is 12.5. The van der Waals surface area contributed by atoms with Crippen molar-refractivity contribution in [2.75, 3.05) is 13.1 Å². The number of carbonyl (C=O) groups excluding carboxylic acids is 3. The second-order valence-corrected chi connectivity index (χ2v) is 9.50. The van der Waals surface area contributed by atoms with Crippen LogP contribution in [-0.2, 0) is 16.1 Å². The highest BCUT2D eigenvalue weighted by Crippen LogP contribution is 2.22. The smallest absolute Gasteiger partial charge is 0.251 e. The SMILES string of the molecule is N=C(N)c1csc(CNC(=O)[C@@H]2C[C@@H](O)CN2C(=O)CNC(=O)c2ccc(Oc3ccccc3)cc2)c1. The number of aliphatic hydroxyl groups excluding tert-OH is 1. The number of nitrogen functional groups attached to an aromatic ring is 1. The van der Waals surface area contributed by atoms with E-state index in [0.29, 0.717) is 22.6 Å². The maximum Gasteiger partial charge on any atom is 0.251 e. The predicted molar refractivity (Wildman–Crippen MR) is 139 cm³/mol. The van der Waals surface area contributed by atoms with Gasteiger partial charge in [-0.2, -0.15) is 0 Å². The summed E-state index contributed by atoms with van der Waals surface area (Å²) in [7, 11) is 0. The summed E-state index contributed by atoms with van der Waals surface area (Å²) in [6.07, 6.45) is -0.726. The molecule has 192 valence electrons. The molecule has 1 aliphatic rings. The molecule has 2 aromatic carbocycles. The summed E-state index contributed by atoms with van der Waals surface area (Å²) in [6, 6.07) is 16.6. The molecule has 0 unspecified atom stereocenters. The van der Waals surface area contributed by atoms with Gasteiger partial charge in [0.2, 0.25) is 11.8 Å². The van der Waals surface area contributed by atoms with Crippen molar-refractivity contribution in [1.29, 1.82) is 5.41 Å². The maximum absolute atomic E-state index is 12.8. The van der Waals surface area contributed by atoms with E-state index < -0.39 is 29.9 Å². The molecule has 4 rings (SSSR count). The largest absolute Gasteiger partial charge is 0.457 e. The van der Waals surface area contributed by atoms with Crippen molar-refractivity contribution in [3.05, 3.63) is 82.0 Å². The third-order valence-electron chi connectivity index (χ3n) is 5.80. The molecule has 3 aromatic rings. The van der Waals surface area contributed by atoms with Gasteiger partial charge in [0.15, 0.2) is 0 Å². The van der Waals surface area contributed by atoms with Gasteiger partial charge >= 0.3 is 0 Å². The summed E-state index contributed by atoms with van der Waals surface area (Å²) in [5.74, 6) is -0.124. The number of thiophene rings is 1. The van der Waals surface area contributed by atoms with Crippen LogP contribution in [0.4, 0.5) is 0 Å². The normalized spacial score (nSPS) is 16.7. The average molecular weight is 522 g/mol. The van der Waals surface area contributed by atoms with E-state index >= 15 is 0 Å². The van der Waals surface area contributed by atoms with Crippen molar-refractivity contribution in [1.82, 2.24) is 15.5 Å². The molecule has 0 saturated carbocycles. The molecule has 0 bridgehead atoms. The number of carbonyl (C=O) groups is 3. The Labute approximate surface area is 217 Å². The molecule has 6 N–H and O–H groups in total. The first-order valence-electron chi connectivity index (χ1n) is 11.6. The predicted octanol–water partition coefficient (Wildman–Crippen LogP) is 1.83. The van der Waals surface area contributed by atoms with Gasteiger partial charge in [0.1, 0.15) is 23.4 Å². The monoisotopic (exact) mass is 521 g/mol. The zero-order valence-corrected chi connectivity index (χ0v) is 20.7. The molecular formula is C26H27N5O5S. The Bertz CT molecular complexity index is 1280. The summed E-state index contributed by atoms with van der Waals surface area (Å²) in [5, 5.41) is 24.6. The molecule has 10 nitrogen and oxygen atoms in total. The van der Waals surface area contributed by atoms with Gasteiger partial charge in [-0.05, 0) is 42.5 Å². The zero-order chi connectivity index (χ0) is 26.4. The number of amidine groups is 1. The van der Waals surface area contributed by atoms with Crippen LogP contribution >= 0.6 is 11.3 Å². The molecule has 3 amide bonds. The zero-order valence-electron chi connectivity index (χ0n) is 19.8. The topological polar surface area (TPSA) is 158 Å². The molecule has 0 radical (unpaired) electrons. The molecule has 11 heteroatoms. The van der Waals surface area contributed by atoms with Crippen molar-refractivity contribution in [3.63, 3.8) is 0 Å². The van der Waals surface area contributed by atoms with Crippen LogP contribution in [0.3, 0.4) is 0 Å². The Morgan fingerprint density at radius 2 is 1.76 bits per heavy atom. The Hall–Kier alpha value is -4.22. The quantitative estimate of drug-likeness (QED) is 0.214. The highest BCUT2D eigenvalue weighted by Gasteiger charge is 2.38. The number of rotatable bonds is 9. The van der Waals surface area contributed by atoms with Crippen LogP contribution in [0.15, 0.2) is 66.0 Å². The van der Waals surface area contributed by atoms with Crippen LogP contribution in [0.5, 0.6) is 11.5 Å². The van der Waals surface area contributed by atoms with E-state index in [4.69, 9.17) is 15.9 Å². The third-order valence-corrected chi connectivity index (χ3v) is 6.74. The van der Waals surface area contributed by atoms with Crippen LogP contribution in [0.1, 0.15) is 27.2 Å². The minimum Gasteiger partial charge on any atom is -0.457 e. The number of nitrogens with one attached hydrogen (secondary N) is 3. The highest BCUT2D eigenvalue weighted by molar-refractivity contribution is 7.10. The maximum atomic E-state index is 12.8. The van der Waals surface area contributed by atoms with E-state index in [-0.39, 0.29) is 31.9 Å². The van der Waals surface area contributed by atoms with Crippen molar-refractivity contribution >= 4 is 34.9 Å². The van der Waals surface area contributed by atoms with Gasteiger partial charge in [-0.15, -0.1) is 11.3 Å². The average Bonchev–Trinajstić information content (AvgIpc) is 3.54. The van der Waals surface area contributed by atoms with Crippen LogP contribution in [0.2, 0.25) is 0 Å². The first kappa shape index (κ1) is 25.9. The lowest BCUT2D eigenvalue weighted by molar-refractivity contribution is -0.137. The Morgan fingerprint density at radius 1 is 1.05 bits per heavy atom. The number of nitrogens with zero attached hydrogens (tertiary/aromatic N) is 1. The van der Waals surface area contributed by atoms with E-state index in [2.05, 4.69) is 10.6 Å². The van der Waals surface area contributed by atoms with Crippen molar-refractivity contribution in [2.45, 2.75) is 25.1 Å². The van der Waals surface area contributed by atoms with Crippen LogP contribution in [0, 0.1) is 5.41 Å². The fourth-order valence-corrected chi connectivity index (χ4v) is 4.73. The van der Waals surface area contributed by atoms with Crippen LogP contribution in [-0.4, -0.2) is 58.8 Å². The number of benzene rings is 2. The third kappa shape index (κ3) is 6.72. The molecule has 1 aromatic heterocycles. The lowest BCUT2D eigenvalue weighted by atomic mass is 10.2. The summed E-state index contributed by atoms with van der Waals surface area (Å²) in [6.45, 7) is -0.0948. The lowest BCUT2D eigenvalue weighted by Gasteiger charge is -2.23. The van der Waals surface area contributed by atoms with Crippen molar-refractivity contribution in [2.24, 2.45) is 5.73 Å². The first-order chi connectivity index (χ1) is 17.8. The van der Waals surface area contributed by atoms with Gasteiger partial charge in [0.05, 0.1) is 19.2 Å². The Morgan fingerprint density at radius 3 is 2.43 bits per heavy atom. The molecule has 2 atom stereocenters. The van der Waals surface area contributed by atoms with Crippen molar-refractivity contribution in [3.8, 4) is 11.5 Å². The molecule has 1 fully saturated rings. The number of ether oxygens (including phenoxy) is 1. The van der Waals surface area contributed by atoms with E-state index in [9.17, 15) is 19.5 Å². The van der Waals surface area contributed by atoms with Gasteiger partial charge in [0, 0.05) is 34.3 Å². The lowest BCUT2D eigenvalue weighted by Crippen LogP contribution is -2.48.